The number of fused-ring (bicyclic) bond motifs is 3. The molecule has 1 nitrogen and oxygen atoms in total. The zero-order chi connectivity index (χ0) is 17.0. The van der Waals surface area contributed by atoms with Gasteiger partial charge in [0.25, 0.3) is 0 Å². The molecule has 0 amide bonds. The Morgan fingerprint density at radius 1 is 0.625 bits per heavy atom. The Kier molecular flexibility index (Phi) is 3.20. The van der Waals surface area contributed by atoms with E-state index in [4.69, 9.17) is 0 Å². The molecule has 0 aliphatic rings. The number of hydrogen-bond donors (Lipinski definition) is 0. The minimum absolute atomic E-state index is 0.0201. The van der Waals surface area contributed by atoms with Gasteiger partial charge in [-0.3, -0.25) is 0 Å². The molecule has 0 unspecified atom stereocenters. The van der Waals surface area contributed by atoms with Crippen molar-refractivity contribution in [2.75, 3.05) is 0 Å². The van der Waals surface area contributed by atoms with Gasteiger partial charge in [-0.1, -0.05) is 23.3 Å². The second kappa shape index (κ2) is 5.17. The third-order valence-corrected chi connectivity index (χ3v) is 4.46. The first-order valence-electron chi connectivity index (χ1n) is 7.93. The third kappa shape index (κ3) is 2.12. The minimum Gasteiger partial charge on any atom is -0.304 e. The molecule has 24 heavy (non-hydrogen) atoms. The van der Waals surface area contributed by atoms with Gasteiger partial charge < -0.3 is 4.57 Å². The van der Waals surface area contributed by atoms with Gasteiger partial charge in [-0.05, 0) is 62.7 Å². The Bertz CT molecular complexity index is 1020. The van der Waals surface area contributed by atoms with Crippen molar-refractivity contribution in [3.8, 4) is 5.69 Å². The van der Waals surface area contributed by atoms with Crippen LogP contribution in [0.5, 0.6) is 0 Å². The summed E-state index contributed by atoms with van der Waals surface area (Å²) in [7, 11) is 0. The van der Waals surface area contributed by atoms with E-state index in [1.54, 1.807) is 11.5 Å². The molecule has 0 aliphatic heterocycles. The van der Waals surface area contributed by atoms with Crippen LogP contribution >= 0.6 is 0 Å². The number of halogens is 2. The molecule has 3 aromatic carbocycles. The molecule has 4 aromatic rings. The van der Waals surface area contributed by atoms with Gasteiger partial charge in [0.05, 0.1) is 11.0 Å². The van der Waals surface area contributed by atoms with Crippen LogP contribution in [0.1, 0.15) is 16.7 Å². The number of rotatable bonds is 1. The van der Waals surface area contributed by atoms with E-state index in [9.17, 15) is 8.78 Å². The maximum Gasteiger partial charge on any atom is 0.150 e. The molecular weight excluding hydrogens is 304 g/mol. The van der Waals surface area contributed by atoms with Gasteiger partial charge in [-0.2, -0.15) is 0 Å². The molecule has 0 saturated heterocycles. The summed E-state index contributed by atoms with van der Waals surface area (Å²) in [5.74, 6) is -1.10. The van der Waals surface area contributed by atoms with Crippen LogP contribution in [-0.4, -0.2) is 4.57 Å². The van der Waals surface area contributed by atoms with Crippen LogP contribution < -0.4 is 0 Å². The maximum atomic E-state index is 14.6. The summed E-state index contributed by atoms with van der Waals surface area (Å²) in [4.78, 5) is 0. The maximum absolute atomic E-state index is 14.6. The lowest BCUT2D eigenvalue weighted by molar-refractivity contribution is 0.571. The molecule has 0 aliphatic carbocycles. The van der Waals surface area contributed by atoms with E-state index in [-0.39, 0.29) is 5.69 Å². The van der Waals surface area contributed by atoms with E-state index in [0.29, 0.717) is 5.56 Å². The second-order valence-electron chi connectivity index (χ2n) is 6.45. The highest BCUT2D eigenvalue weighted by Crippen LogP contribution is 2.35. The lowest BCUT2D eigenvalue weighted by Gasteiger charge is -2.11. The fourth-order valence-electron chi connectivity index (χ4n) is 3.40. The molecule has 3 heteroatoms. The van der Waals surface area contributed by atoms with Crippen molar-refractivity contribution in [2.45, 2.75) is 20.8 Å². The first-order chi connectivity index (χ1) is 11.5. The summed E-state index contributed by atoms with van der Waals surface area (Å²) >= 11 is 0. The molecule has 0 N–H and O–H groups in total. The van der Waals surface area contributed by atoms with Crippen molar-refractivity contribution in [1.82, 2.24) is 4.57 Å². The van der Waals surface area contributed by atoms with E-state index >= 15 is 0 Å². The zero-order valence-electron chi connectivity index (χ0n) is 13.8. The van der Waals surface area contributed by atoms with Gasteiger partial charge in [-0.15, -0.1) is 0 Å². The number of benzene rings is 3. The number of aryl methyl sites for hydroxylation is 3. The van der Waals surface area contributed by atoms with E-state index in [2.05, 4.69) is 12.1 Å². The fraction of sp³-hybridized carbons (Fsp3) is 0.143. The molecule has 0 spiro atoms. The molecule has 1 heterocycles. The van der Waals surface area contributed by atoms with E-state index in [0.717, 1.165) is 32.9 Å². The minimum atomic E-state index is -0.549. The average Bonchev–Trinajstić information content (AvgIpc) is 2.80. The van der Waals surface area contributed by atoms with E-state index in [1.165, 1.54) is 12.1 Å². The monoisotopic (exact) mass is 321 g/mol. The van der Waals surface area contributed by atoms with Crippen molar-refractivity contribution >= 4 is 21.8 Å². The number of nitrogens with zero attached hydrogens (tertiary/aromatic N) is 1. The van der Waals surface area contributed by atoms with Gasteiger partial charge in [0, 0.05) is 10.8 Å². The van der Waals surface area contributed by atoms with Crippen LogP contribution in [0.25, 0.3) is 27.5 Å². The lowest BCUT2D eigenvalue weighted by Crippen LogP contribution is -2.02. The van der Waals surface area contributed by atoms with Gasteiger partial charge in [0.2, 0.25) is 0 Å². The lowest BCUT2D eigenvalue weighted by atomic mass is 10.1. The molecular formula is C21H17F2N. The topological polar surface area (TPSA) is 4.93 Å². The molecule has 120 valence electrons. The normalized spacial score (nSPS) is 11.5. The molecule has 0 atom stereocenters. The highest BCUT2D eigenvalue weighted by atomic mass is 19.1. The van der Waals surface area contributed by atoms with Crippen molar-refractivity contribution in [3.63, 3.8) is 0 Å². The van der Waals surface area contributed by atoms with Gasteiger partial charge in [-0.25, -0.2) is 8.78 Å². The summed E-state index contributed by atoms with van der Waals surface area (Å²) in [6, 6.07) is 14.7. The van der Waals surface area contributed by atoms with Gasteiger partial charge in [0.15, 0.2) is 0 Å². The Labute approximate surface area is 139 Å². The summed E-state index contributed by atoms with van der Waals surface area (Å²) in [6.07, 6.45) is 0. The van der Waals surface area contributed by atoms with E-state index in [1.807, 2.05) is 38.1 Å². The first-order valence-corrected chi connectivity index (χ1v) is 7.93. The van der Waals surface area contributed by atoms with Crippen LogP contribution in [0.3, 0.4) is 0 Å². The smallest absolute Gasteiger partial charge is 0.150 e. The molecule has 0 radical (unpaired) electrons. The number of aromatic nitrogens is 1. The van der Waals surface area contributed by atoms with Crippen molar-refractivity contribution in [3.05, 3.63) is 76.9 Å². The summed E-state index contributed by atoms with van der Waals surface area (Å²) < 4.78 is 30.9. The molecule has 0 bridgehead atoms. The zero-order valence-corrected chi connectivity index (χ0v) is 13.8. The van der Waals surface area contributed by atoms with Crippen LogP contribution in [0.4, 0.5) is 8.78 Å². The van der Waals surface area contributed by atoms with Crippen LogP contribution in [-0.2, 0) is 0 Å². The molecule has 0 saturated carbocycles. The first kappa shape index (κ1) is 14.9. The molecule has 1 aromatic heterocycles. The Morgan fingerprint density at radius 2 is 1.08 bits per heavy atom. The second-order valence-corrected chi connectivity index (χ2v) is 6.45. The quantitative estimate of drug-likeness (QED) is 0.406. The van der Waals surface area contributed by atoms with Crippen molar-refractivity contribution < 1.29 is 8.78 Å². The highest BCUT2D eigenvalue weighted by Gasteiger charge is 2.18. The molecule has 4 rings (SSSR count). The average molecular weight is 321 g/mol. The van der Waals surface area contributed by atoms with Crippen molar-refractivity contribution in [1.29, 1.82) is 0 Å². The highest BCUT2D eigenvalue weighted by molar-refractivity contribution is 6.09. The standard InChI is InChI=1S/C21H17F2N/c1-12-4-6-19-15(8-12)16-9-13(2)5-7-20(16)24(19)21-17(22)10-14(3)11-18(21)23/h4-11H,1-3H3. The van der Waals surface area contributed by atoms with Gasteiger partial charge >= 0.3 is 0 Å². The summed E-state index contributed by atoms with van der Waals surface area (Å²) in [6.45, 7) is 5.73. The predicted molar refractivity (Wildman–Crippen MR) is 94.9 cm³/mol. The molecule has 0 fully saturated rings. The van der Waals surface area contributed by atoms with Crippen LogP contribution in [0.2, 0.25) is 0 Å². The van der Waals surface area contributed by atoms with Crippen LogP contribution in [0, 0.1) is 32.4 Å². The Balaban J connectivity index is 2.23. The van der Waals surface area contributed by atoms with Crippen molar-refractivity contribution in [2.24, 2.45) is 0 Å². The Hall–Kier alpha value is -2.68. The van der Waals surface area contributed by atoms with Crippen LogP contribution in [0.15, 0.2) is 48.5 Å². The largest absolute Gasteiger partial charge is 0.304 e. The third-order valence-electron chi connectivity index (χ3n) is 4.46. The SMILES string of the molecule is Cc1cc(F)c(-n2c3ccc(C)cc3c3cc(C)ccc32)c(F)c1. The predicted octanol–water partition coefficient (Wildman–Crippen LogP) is 5.99. The summed E-state index contributed by atoms with van der Waals surface area (Å²) in [5.41, 5.74) is 4.40. The van der Waals surface area contributed by atoms with Gasteiger partial charge in [0.1, 0.15) is 17.3 Å². The fourth-order valence-corrected chi connectivity index (χ4v) is 3.40. The van der Waals surface area contributed by atoms with E-state index < -0.39 is 11.6 Å². The number of hydrogen-bond acceptors (Lipinski definition) is 0. The Morgan fingerprint density at radius 3 is 1.54 bits per heavy atom. The summed E-state index contributed by atoms with van der Waals surface area (Å²) in [5, 5.41) is 2.01.